The molecule has 2 aliphatic carbocycles. The Hall–Kier alpha value is -1.63. The highest BCUT2D eigenvalue weighted by Gasteiger charge is 2.61. The highest BCUT2D eigenvalue weighted by molar-refractivity contribution is 5.76. The summed E-state index contributed by atoms with van der Waals surface area (Å²) < 4.78 is 18.2. The Balaban J connectivity index is 1.32. The van der Waals surface area contributed by atoms with Gasteiger partial charge in [0.2, 0.25) is 5.91 Å². The first-order valence-electron chi connectivity index (χ1n) is 13.2. The Morgan fingerprint density at radius 2 is 1.82 bits per heavy atom. The molecule has 0 bridgehead atoms. The van der Waals surface area contributed by atoms with Crippen LogP contribution in [0.4, 0.5) is 0 Å². The number of nitrogens with zero attached hydrogens (tertiary/aromatic N) is 1. The molecule has 1 amide bonds. The molecule has 2 saturated carbocycles. The van der Waals surface area contributed by atoms with E-state index < -0.39 is 6.10 Å². The number of carbonyl (C=O) groups excluding carboxylic acids is 1. The molecule has 7 atom stereocenters. The normalized spacial score (nSPS) is 40.2. The number of benzene rings is 1. The van der Waals surface area contributed by atoms with Gasteiger partial charge in [-0.15, -0.1) is 0 Å². The van der Waals surface area contributed by atoms with E-state index in [1.165, 1.54) is 6.42 Å². The summed E-state index contributed by atoms with van der Waals surface area (Å²) in [6.45, 7) is 7.01. The summed E-state index contributed by atoms with van der Waals surface area (Å²) in [7, 11) is 1.67. The van der Waals surface area contributed by atoms with Crippen LogP contribution in [0.3, 0.4) is 0 Å². The lowest BCUT2D eigenvalue weighted by atomic mass is 9.46. The highest BCUT2D eigenvalue weighted by Crippen LogP contribution is 2.63. The fraction of sp³-hybridized carbons (Fsp3) is 0.750. The Labute approximate surface area is 203 Å². The molecule has 1 aromatic rings. The third-order valence-corrected chi connectivity index (χ3v) is 9.66. The average Bonchev–Trinajstić information content (AvgIpc) is 2.86. The quantitative estimate of drug-likeness (QED) is 0.689. The number of aliphatic hydroxyl groups excluding tert-OH is 1. The second kappa shape index (κ2) is 9.44. The lowest BCUT2D eigenvalue weighted by Crippen LogP contribution is -2.62. The van der Waals surface area contributed by atoms with Gasteiger partial charge in [0, 0.05) is 30.5 Å². The van der Waals surface area contributed by atoms with Crippen molar-refractivity contribution in [2.24, 2.45) is 22.7 Å². The second-order valence-corrected chi connectivity index (χ2v) is 11.5. The maximum Gasteiger partial charge on any atom is 0.222 e. The Kier molecular flexibility index (Phi) is 6.68. The number of hydrogen-bond donors (Lipinski definition) is 1. The summed E-state index contributed by atoms with van der Waals surface area (Å²) in [4.78, 5) is 15.2. The van der Waals surface area contributed by atoms with Crippen LogP contribution in [0.5, 0.6) is 5.75 Å². The molecule has 5 rings (SSSR count). The monoisotopic (exact) mass is 471 g/mol. The summed E-state index contributed by atoms with van der Waals surface area (Å²) in [5, 5.41) is 11.1. The number of piperidine rings is 1. The van der Waals surface area contributed by atoms with E-state index in [4.69, 9.17) is 14.2 Å². The summed E-state index contributed by atoms with van der Waals surface area (Å²) in [6, 6.07) is 7.91. The first-order chi connectivity index (χ1) is 16.3. The summed E-state index contributed by atoms with van der Waals surface area (Å²) >= 11 is 0. The molecule has 0 spiro atoms. The molecule has 7 unspecified atom stereocenters. The van der Waals surface area contributed by atoms with Gasteiger partial charge >= 0.3 is 0 Å². The average molecular weight is 472 g/mol. The van der Waals surface area contributed by atoms with Crippen LogP contribution in [-0.2, 0) is 14.3 Å². The van der Waals surface area contributed by atoms with Gasteiger partial charge in [0.1, 0.15) is 5.75 Å². The van der Waals surface area contributed by atoms with E-state index in [-0.39, 0.29) is 35.0 Å². The van der Waals surface area contributed by atoms with E-state index in [2.05, 4.69) is 13.8 Å². The van der Waals surface area contributed by atoms with Crippen molar-refractivity contribution >= 4 is 5.91 Å². The van der Waals surface area contributed by atoms with Gasteiger partial charge in [0.25, 0.3) is 0 Å². The van der Waals surface area contributed by atoms with Crippen molar-refractivity contribution < 1.29 is 24.1 Å². The molecule has 1 aromatic carbocycles. The summed E-state index contributed by atoms with van der Waals surface area (Å²) in [5.74, 6) is 1.41. The van der Waals surface area contributed by atoms with Crippen LogP contribution in [0, 0.1) is 22.7 Å². The molecule has 6 heteroatoms. The molecular formula is C28H41NO5. The van der Waals surface area contributed by atoms with Crippen LogP contribution < -0.4 is 4.74 Å². The maximum absolute atomic E-state index is 13.2. The number of aliphatic hydroxyl groups is 1. The maximum atomic E-state index is 13.2. The van der Waals surface area contributed by atoms with Gasteiger partial charge in [-0.1, -0.05) is 26.0 Å². The standard InChI is InChI=1S/C28H41NO5/c1-27-14-13-24-28(2,18-33-26(34-24)19-7-9-20(32-3)10-8-19)23(27)12-11-22(30)21(27)17-25(31)29-15-5-4-6-16-29/h7-10,21-24,26,30H,4-6,11-18H2,1-3H3. The molecule has 2 aliphatic heterocycles. The number of carbonyl (C=O) groups is 1. The molecule has 2 saturated heterocycles. The van der Waals surface area contributed by atoms with Crippen molar-refractivity contribution in [2.45, 2.75) is 83.7 Å². The summed E-state index contributed by atoms with van der Waals surface area (Å²) in [5.41, 5.74) is 0.802. The van der Waals surface area contributed by atoms with E-state index in [1.807, 2.05) is 29.2 Å². The van der Waals surface area contributed by atoms with Gasteiger partial charge in [-0.2, -0.15) is 0 Å². The van der Waals surface area contributed by atoms with Gasteiger partial charge < -0.3 is 24.2 Å². The Bertz CT molecular complexity index is 868. The number of methoxy groups -OCH3 is 1. The van der Waals surface area contributed by atoms with E-state index in [0.717, 1.165) is 62.9 Å². The number of amides is 1. The molecule has 0 radical (unpaired) electrons. The van der Waals surface area contributed by atoms with Crippen molar-refractivity contribution in [1.82, 2.24) is 4.90 Å². The molecule has 4 fully saturated rings. The SMILES string of the molecule is COc1ccc(C2OCC3(C)C(CCC4(C)C(CC(=O)N5CCCCC5)C(O)CCC34)O2)cc1. The zero-order valence-corrected chi connectivity index (χ0v) is 21.0. The highest BCUT2D eigenvalue weighted by atomic mass is 16.7. The van der Waals surface area contributed by atoms with Crippen molar-refractivity contribution in [3.63, 3.8) is 0 Å². The minimum atomic E-state index is -0.410. The van der Waals surface area contributed by atoms with Crippen LogP contribution >= 0.6 is 0 Å². The minimum Gasteiger partial charge on any atom is -0.497 e. The van der Waals surface area contributed by atoms with Crippen LogP contribution in [0.2, 0.25) is 0 Å². The van der Waals surface area contributed by atoms with Gasteiger partial charge in [0.05, 0.1) is 25.9 Å². The number of hydrogen-bond acceptors (Lipinski definition) is 5. The van der Waals surface area contributed by atoms with Gasteiger partial charge in [-0.05, 0) is 74.3 Å². The van der Waals surface area contributed by atoms with Crippen LogP contribution in [0.25, 0.3) is 0 Å². The van der Waals surface area contributed by atoms with Crippen molar-refractivity contribution in [3.8, 4) is 5.75 Å². The largest absolute Gasteiger partial charge is 0.497 e. The van der Waals surface area contributed by atoms with Crippen molar-refractivity contribution in [3.05, 3.63) is 29.8 Å². The van der Waals surface area contributed by atoms with Gasteiger partial charge in [-0.25, -0.2) is 0 Å². The number of likely N-dealkylation sites (tertiary alicyclic amines) is 1. The lowest BCUT2D eigenvalue weighted by Gasteiger charge is -2.63. The van der Waals surface area contributed by atoms with E-state index in [9.17, 15) is 9.90 Å². The first-order valence-corrected chi connectivity index (χ1v) is 13.2. The molecule has 1 N–H and O–H groups in total. The van der Waals surface area contributed by atoms with Crippen molar-refractivity contribution in [2.75, 3.05) is 26.8 Å². The number of rotatable bonds is 4. The fourth-order valence-electron chi connectivity index (χ4n) is 7.63. The molecule has 4 aliphatic rings. The fourth-order valence-corrected chi connectivity index (χ4v) is 7.63. The third-order valence-electron chi connectivity index (χ3n) is 9.66. The first kappa shape index (κ1) is 24.1. The van der Waals surface area contributed by atoms with E-state index in [1.54, 1.807) is 7.11 Å². The Morgan fingerprint density at radius 1 is 1.09 bits per heavy atom. The number of ether oxygens (including phenoxy) is 3. The van der Waals surface area contributed by atoms with Gasteiger partial charge in [0.15, 0.2) is 6.29 Å². The van der Waals surface area contributed by atoms with Gasteiger partial charge in [-0.3, -0.25) is 4.79 Å². The predicted octanol–water partition coefficient (Wildman–Crippen LogP) is 4.71. The van der Waals surface area contributed by atoms with Crippen LogP contribution in [0.15, 0.2) is 24.3 Å². The molecule has 188 valence electrons. The third kappa shape index (κ3) is 4.16. The molecule has 34 heavy (non-hydrogen) atoms. The van der Waals surface area contributed by atoms with E-state index in [0.29, 0.717) is 18.9 Å². The zero-order valence-electron chi connectivity index (χ0n) is 21.0. The summed E-state index contributed by atoms with van der Waals surface area (Å²) in [6.07, 6.45) is 6.83. The molecule has 0 aromatic heterocycles. The molecule has 2 heterocycles. The Morgan fingerprint density at radius 3 is 2.53 bits per heavy atom. The topological polar surface area (TPSA) is 68.2 Å². The lowest BCUT2D eigenvalue weighted by molar-refractivity contribution is -0.312. The molecule has 6 nitrogen and oxygen atoms in total. The minimum absolute atomic E-state index is 0.00207. The molecular weight excluding hydrogens is 430 g/mol. The number of fused-ring (bicyclic) bond motifs is 3. The van der Waals surface area contributed by atoms with Crippen LogP contribution in [0.1, 0.15) is 77.1 Å². The zero-order chi connectivity index (χ0) is 23.9. The van der Waals surface area contributed by atoms with Crippen LogP contribution in [-0.4, -0.2) is 54.9 Å². The predicted molar refractivity (Wildman–Crippen MR) is 129 cm³/mol. The van der Waals surface area contributed by atoms with Crippen molar-refractivity contribution in [1.29, 1.82) is 0 Å². The van der Waals surface area contributed by atoms with E-state index >= 15 is 0 Å². The smallest absolute Gasteiger partial charge is 0.222 e. The second-order valence-electron chi connectivity index (χ2n) is 11.5.